The molecule has 0 saturated carbocycles. The molecule has 1 N–H and O–H groups in total. The number of hydrogen-bond donors (Lipinski definition) is 1. The van der Waals surface area contributed by atoms with Crippen LogP contribution in [0.1, 0.15) is 15.9 Å². The maximum Gasteiger partial charge on any atom is 0.337 e. The minimum absolute atomic E-state index is 0.224. The van der Waals surface area contributed by atoms with Crippen molar-refractivity contribution >= 4 is 16.9 Å². The molecular formula is C12H11NO3. The summed E-state index contributed by atoms with van der Waals surface area (Å²) in [4.78, 5) is 15.1. The van der Waals surface area contributed by atoms with Crippen molar-refractivity contribution in [1.82, 2.24) is 4.98 Å². The molecule has 1 aromatic heterocycles. The Labute approximate surface area is 92.5 Å². The quantitative estimate of drug-likeness (QED) is 0.855. The van der Waals surface area contributed by atoms with E-state index in [1.165, 1.54) is 0 Å². The zero-order chi connectivity index (χ0) is 11.5. The van der Waals surface area contributed by atoms with Gasteiger partial charge >= 0.3 is 5.97 Å². The van der Waals surface area contributed by atoms with Crippen LogP contribution in [0.25, 0.3) is 10.9 Å². The summed E-state index contributed by atoms with van der Waals surface area (Å²) in [5.41, 5.74) is 1.66. The van der Waals surface area contributed by atoms with Crippen LogP contribution in [0.4, 0.5) is 0 Å². The molecule has 0 bridgehead atoms. The first kappa shape index (κ1) is 10.6. The summed E-state index contributed by atoms with van der Waals surface area (Å²) in [6.45, 7) is 0.472. The van der Waals surface area contributed by atoms with Crippen LogP contribution in [-0.4, -0.2) is 23.2 Å². The van der Waals surface area contributed by atoms with Crippen molar-refractivity contribution in [3.05, 3.63) is 41.6 Å². The van der Waals surface area contributed by atoms with Crippen LogP contribution in [0.2, 0.25) is 0 Å². The third kappa shape index (κ3) is 1.87. The molecule has 0 saturated heterocycles. The van der Waals surface area contributed by atoms with E-state index in [1.54, 1.807) is 25.4 Å². The van der Waals surface area contributed by atoms with E-state index < -0.39 is 5.97 Å². The van der Waals surface area contributed by atoms with Gasteiger partial charge in [0.1, 0.15) is 0 Å². The van der Waals surface area contributed by atoms with Crippen molar-refractivity contribution in [2.75, 3.05) is 7.11 Å². The van der Waals surface area contributed by atoms with E-state index in [4.69, 9.17) is 9.84 Å². The van der Waals surface area contributed by atoms with Crippen LogP contribution < -0.4 is 0 Å². The van der Waals surface area contributed by atoms with Gasteiger partial charge in [0.25, 0.3) is 0 Å². The summed E-state index contributed by atoms with van der Waals surface area (Å²) in [5.74, 6) is -0.961. The lowest BCUT2D eigenvalue weighted by molar-refractivity contribution is 0.0699. The van der Waals surface area contributed by atoms with Crippen molar-refractivity contribution in [2.45, 2.75) is 6.61 Å². The molecule has 1 aromatic carbocycles. The molecule has 0 fully saturated rings. The van der Waals surface area contributed by atoms with Crippen molar-refractivity contribution in [1.29, 1.82) is 0 Å². The van der Waals surface area contributed by atoms with Gasteiger partial charge in [0.05, 0.1) is 17.7 Å². The largest absolute Gasteiger partial charge is 0.478 e. The Bertz CT molecular complexity index is 537. The average Bonchev–Trinajstić information content (AvgIpc) is 2.28. The molecule has 2 rings (SSSR count). The van der Waals surface area contributed by atoms with Gasteiger partial charge in [-0.2, -0.15) is 0 Å². The highest BCUT2D eigenvalue weighted by Gasteiger charge is 2.09. The van der Waals surface area contributed by atoms with Gasteiger partial charge in [-0.25, -0.2) is 4.79 Å². The molecule has 0 amide bonds. The smallest absolute Gasteiger partial charge is 0.337 e. The van der Waals surface area contributed by atoms with Crippen LogP contribution in [0.3, 0.4) is 0 Å². The third-order valence-electron chi connectivity index (χ3n) is 2.31. The van der Waals surface area contributed by atoms with E-state index in [9.17, 15) is 4.79 Å². The molecule has 4 heteroatoms. The minimum Gasteiger partial charge on any atom is -0.478 e. The predicted molar refractivity (Wildman–Crippen MR) is 59.4 cm³/mol. The topological polar surface area (TPSA) is 59.4 Å². The van der Waals surface area contributed by atoms with E-state index in [1.807, 2.05) is 12.1 Å². The van der Waals surface area contributed by atoms with Crippen LogP contribution in [0.5, 0.6) is 0 Å². The first-order valence-electron chi connectivity index (χ1n) is 4.82. The maximum atomic E-state index is 11.0. The van der Waals surface area contributed by atoms with Gasteiger partial charge in [0, 0.05) is 18.7 Å². The number of aromatic nitrogens is 1. The molecule has 0 unspecified atom stereocenters. The van der Waals surface area contributed by atoms with Crippen LogP contribution in [-0.2, 0) is 11.3 Å². The molecule has 0 atom stereocenters. The molecule has 82 valence electrons. The number of carboxylic acid groups (broad SMARTS) is 1. The second-order valence-corrected chi connectivity index (χ2v) is 3.46. The summed E-state index contributed by atoms with van der Waals surface area (Å²) in [6.07, 6.45) is 1.64. The number of aromatic carboxylic acids is 1. The molecule has 0 aliphatic heterocycles. The number of hydrogen-bond acceptors (Lipinski definition) is 3. The summed E-state index contributed by atoms with van der Waals surface area (Å²) in [6, 6.07) is 6.99. The fraction of sp³-hybridized carbons (Fsp3) is 0.167. The number of carbonyl (C=O) groups is 1. The molecule has 1 heterocycles. The summed E-state index contributed by atoms with van der Waals surface area (Å²) >= 11 is 0. The minimum atomic E-state index is -0.961. The Balaban J connectivity index is 2.59. The number of para-hydroxylation sites is 1. The van der Waals surface area contributed by atoms with E-state index in [-0.39, 0.29) is 5.56 Å². The summed E-state index contributed by atoms with van der Waals surface area (Å²) in [5, 5.41) is 9.81. The second kappa shape index (κ2) is 4.28. The molecule has 0 aliphatic rings. The van der Waals surface area contributed by atoms with E-state index >= 15 is 0 Å². The highest BCUT2D eigenvalue weighted by Crippen LogP contribution is 2.18. The maximum absolute atomic E-state index is 11.0. The van der Waals surface area contributed by atoms with Crippen molar-refractivity contribution in [3.63, 3.8) is 0 Å². The molecule has 0 spiro atoms. The van der Waals surface area contributed by atoms with Gasteiger partial charge in [-0.1, -0.05) is 12.1 Å². The van der Waals surface area contributed by atoms with E-state index in [0.29, 0.717) is 12.1 Å². The SMILES string of the molecule is COCc1cnc2c(C(=O)O)cccc2c1. The fourth-order valence-corrected chi connectivity index (χ4v) is 1.62. The zero-order valence-electron chi connectivity index (χ0n) is 8.80. The summed E-state index contributed by atoms with van der Waals surface area (Å²) < 4.78 is 5.00. The number of ether oxygens (including phenoxy) is 1. The Hall–Kier alpha value is -1.94. The number of rotatable bonds is 3. The van der Waals surface area contributed by atoms with Crippen LogP contribution in [0.15, 0.2) is 30.5 Å². The lowest BCUT2D eigenvalue weighted by Gasteiger charge is -2.04. The van der Waals surface area contributed by atoms with E-state index in [0.717, 1.165) is 10.9 Å². The zero-order valence-corrected chi connectivity index (χ0v) is 8.80. The standard InChI is InChI=1S/C12H11NO3/c1-16-7-8-5-9-3-2-4-10(12(14)15)11(9)13-6-8/h2-6H,7H2,1H3,(H,14,15). The highest BCUT2D eigenvalue weighted by atomic mass is 16.5. The number of carboxylic acids is 1. The molecule has 0 aliphatic carbocycles. The van der Waals surface area contributed by atoms with Crippen LogP contribution in [0, 0.1) is 0 Å². The number of fused-ring (bicyclic) bond motifs is 1. The number of nitrogens with zero attached hydrogens (tertiary/aromatic N) is 1. The Morgan fingerprint density at radius 3 is 3.00 bits per heavy atom. The van der Waals surface area contributed by atoms with Gasteiger partial charge in [0.15, 0.2) is 0 Å². The molecule has 0 radical (unpaired) electrons. The number of benzene rings is 1. The highest BCUT2D eigenvalue weighted by molar-refractivity contribution is 6.01. The first-order valence-corrected chi connectivity index (χ1v) is 4.82. The lowest BCUT2D eigenvalue weighted by atomic mass is 10.1. The molecular weight excluding hydrogens is 206 g/mol. The number of pyridine rings is 1. The van der Waals surface area contributed by atoms with Gasteiger partial charge in [-0.05, 0) is 17.7 Å². The lowest BCUT2D eigenvalue weighted by Crippen LogP contribution is -1.99. The molecule has 2 aromatic rings. The summed E-state index contributed by atoms with van der Waals surface area (Å²) in [7, 11) is 1.61. The number of methoxy groups -OCH3 is 1. The molecule has 4 nitrogen and oxygen atoms in total. The van der Waals surface area contributed by atoms with Gasteiger partial charge < -0.3 is 9.84 Å². The second-order valence-electron chi connectivity index (χ2n) is 3.46. The average molecular weight is 217 g/mol. The molecule has 16 heavy (non-hydrogen) atoms. The van der Waals surface area contributed by atoms with Crippen LogP contribution >= 0.6 is 0 Å². The first-order chi connectivity index (χ1) is 7.72. The van der Waals surface area contributed by atoms with Crippen molar-refractivity contribution in [2.24, 2.45) is 0 Å². The Morgan fingerprint density at radius 2 is 2.31 bits per heavy atom. The Morgan fingerprint density at radius 1 is 1.50 bits per heavy atom. The fourth-order valence-electron chi connectivity index (χ4n) is 1.62. The van der Waals surface area contributed by atoms with E-state index in [2.05, 4.69) is 4.98 Å². The third-order valence-corrected chi connectivity index (χ3v) is 2.31. The van der Waals surface area contributed by atoms with Crippen molar-refractivity contribution < 1.29 is 14.6 Å². The monoisotopic (exact) mass is 217 g/mol. The normalized spacial score (nSPS) is 10.6. The van der Waals surface area contributed by atoms with Crippen molar-refractivity contribution in [3.8, 4) is 0 Å². The predicted octanol–water partition coefficient (Wildman–Crippen LogP) is 2.08. The van der Waals surface area contributed by atoms with Gasteiger partial charge in [-0.15, -0.1) is 0 Å². The van der Waals surface area contributed by atoms with Gasteiger partial charge in [0.2, 0.25) is 0 Å². The van der Waals surface area contributed by atoms with Gasteiger partial charge in [-0.3, -0.25) is 4.98 Å². The Kier molecular flexibility index (Phi) is 2.83.